The largest absolute Gasteiger partial charge is 0.457 e. The Morgan fingerprint density at radius 2 is 0.487 bits per heavy atom. The van der Waals surface area contributed by atoms with Crippen molar-refractivity contribution in [1.82, 2.24) is 0 Å². The SMILES string of the molecule is C=Cc1ccc(Oc2ccc(C3(c4ccc(F)cc4)c4ccccc4-c4ccc(N(c5ccc(C)c(F)c5)c5ccc6c(c5)C5(c7ccccc7-6)c6ccccc6-c6ccc(N(c7ccc(C)c(F)c7)c7ccc8c(c7)C(c7ccc(F)cc7)(c7ccc(Oc9ccc(C=C)cc9)cc7)c7ccccc7-8)cc65)cc43)cc2)cc1. The number of rotatable bonds is 16. The average Bonchev–Trinajstić information content (AvgIpc) is 1.53. The van der Waals surface area contributed by atoms with Crippen molar-refractivity contribution in [3.63, 3.8) is 0 Å². The summed E-state index contributed by atoms with van der Waals surface area (Å²) >= 11 is 0. The summed E-state index contributed by atoms with van der Waals surface area (Å²) in [4.78, 5) is 4.34. The molecule has 0 heterocycles. The van der Waals surface area contributed by atoms with Crippen LogP contribution in [0.4, 0.5) is 51.7 Å². The third-order valence-corrected chi connectivity index (χ3v) is 23.8. The predicted molar refractivity (Wildman–Crippen MR) is 449 cm³/mol. The van der Waals surface area contributed by atoms with Crippen molar-refractivity contribution < 1.29 is 27.0 Å². The number of aryl methyl sites for hydroxylation is 2. The number of hydrogen-bond acceptors (Lipinski definition) is 4. The Bertz CT molecular complexity index is 6150. The average molecular weight is 1470 g/mol. The molecule has 8 heteroatoms. The minimum absolute atomic E-state index is 0.350. The Morgan fingerprint density at radius 1 is 0.248 bits per heavy atom. The topological polar surface area (TPSA) is 24.9 Å². The number of anilines is 6. The fourth-order valence-electron chi connectivity index (χ4n) is 18.7. The van der Waals surface area contributed by atoms with Crippen molar-refractivity contribution in [3.8, 4) is 67.5 Å². The molecule has 0 N–H and O–H groups in total. The standard InChI is InChI=1S/C105H70F4N2O2/c1-5-67-25-47-81(48-26-67)112-83-51-33-71(34-52-83)103(69-29-37-73(106)38-30-69)93-19-11-7-15-85(93)89-55-43-75(59-97(89)103)110(79-41-23-65(3)101(108)63-79)77-45-57-91-87-17-9-13-21-95(87)105(99(91)61-77)96-22-14-10-18-88(96)92-58-46-78(62-100(92)105)111(80-42-24-66(4)102(109)64-80)76-44-56-90-86-16-8-12-20-94(86)104(98(90)60-76,70-31-39-74(107)40-32-70)72-35-53-84(54-36-72)113-82-49-27-68(6-2)28-50-82/h5-64H,1-2H2,3-4H3. The second-order valence-electron chi connectivity index (χ2n) is 29.7. The summed E-state index contributed by atoms with van der Waals surface area (Å²) in [5.74, 6) is 1.26. The van der Waals surface area contributed by atoms with Crippen LogP contribution in [0.25, 0.3) is 56.7 Å². The molecule has 0 aromatic heterocycles. The maximum atomic E-state index is 16.8. The van der Waals surface area contributed by atoms with E-state index >= 15 is 17.6 Å². The molecule has 20 rings (SSSR count). The minimum Gasteiger partial charge on any atom is -0.457 e. The van der Waals surface area contributed by atoms with Crippen LogP contribution in [0.3, 0.4) is 0 Å². The lowest BCUT2D eigenvalue weighted by Crippen LogP contribution is -2.29. The quantitative estimate of drug-likeness (QED) is 0.0900. The van der Waals surface area contributed by atoms with Crippen LogP contribution >= 0.6 is 0 Å². The van der Waals surface area contributed by atoms with Gasteiger partial charge in [0.05, 0.1) is 16.2 Å². The molecule has 2 unspecified atom stereocenters. The van der Waals surface area contributed by atoms with Gasteiger partial charge in [-0.05, 0) is 293 Å². The van der Waals surface area contributed by atoms with E-state index in [0.717, 1.165) is 145 Å². The first kappa shape index (κ1) is 68.2. The zero-order valence-corrected chi connectivity index (χ0v) is 61.8. The molecule has 0 radical (unpaired) electrons. The van der Waals surface area contributed by atoms with Crippen molar-refractivity contribution >= 4 is 46.3 Å². The number of fused-ring (bicyclic) bond motifs is 16. The van der Waals surface area contributed by atoms with Crippen molar-refractivity contribution in [1.29, 1.82) is 0 Å². The smallest absolute Gasteiger partial charge is 0.128 e. The fraction of sp³-hybridized carbons (Fsp3) is 0.0476. The summed E-state index contributed by atoms with van der Waals surface area (Å²) in [6.07, 6.45) is 3.60. The highest BCUT2D eigenvalue weighted by Crippen LogP contribution is 2.66. The number of nitrogens with zero attached hydrogens (tertiary/aromatic N) is 2. The van der Waals surface area contributed by atoms with Crippen LogP contribution in [0.5, 0.6) is 23.0 Å². The van der Waals surface area contributed by atoms with Crippen LogP contribution in [-0.2, 0) is 16.2 Å². The Morgan fingerprint density at radius 3 is 0.779 bits per heavy atom. The van der Waals surface area contributed by atoms with E-state index in [1.54, 1.807) is 38.1 Å². The van der Waals surface area contributed by atoms with Gasteiger partial charge in [-0.3, -0.25) is 0 Å². The van der Waals surface area contributed by atoms with E-state index in [1.807, 2.05) is 121 Å². The van der Waals surface area contributed by atoms with Gasteiger partial charge in [0, 0.05) is 34.1 Å². The summed E-state index contributed by atoms with van der Waals surface area (Å²) in [6.45, 7) is 11.4. The van der Waals surface area contributed by atoms with Crippen LogP contribution in [0.1, 0.15) is 89.0 Å². The van der Waals surface area contributed by atoms with Gasteiger partial charge in [0.25, 0.3) is 0 Å². The number of ether oxygens (including phenoxy) is 2. The second-order valence-corrected chi connectivity index (χ2v) is 29.7. The van der Waals surface area contributed by atoms with Gasteiger partial charge in [-0.2, -0.15) is 0 Å². The summed E-state index contributed by atoms with van der Waals surface area (Å²) < 4.78 is 77.6. The molecule has 0 saturated carbocycles. The molecule has 16 aromatic carbocycles. The molecule has 0 bridgehead atoms. The van der Waals surface area contributed by atoms with E-state index in [9.17, 15) is 0 Å². The molecular weight excluding hydrogens is 1400 g/mol. The van der Waals surface area contributed by atoms with E-state index in [0.29, 0.717) is 45.5 Å². The molecule has 4 aliphatic rings. The maximum Gasteiger partial charge on any atom is 0.128 e. The Labute approximate surface area is 654 Å². The van der Waals surface area contributed by atoms with Gasteiger partial charge < -0.3 is 19.3 Å². The van der Waals surface area contributed by atoms with Crippen LogP contribution in [0.15, 0.2) is 365 Å². The Balaban J connectivity index is 0.772. The van der Waals surface area contributed by atoms with E-state index in [1.165, 1.54) is 24.3 Å². The van der Waals surface area contributed by atoms with Crippen molar-refractivity contribution in [2.75, 3.05) is 9.80 Å². The van der Waals surface area contributed by atoms with Gasteiger partial charge in [-0.25, -0.2) is 17.6 Å². The fourth-order valence-corrected chi connectivity index (χ4v) is 18.7. The molecule has 0 amide bonds. The lowest BCUT2D eigenvalue weighted by molar-refractivity contribution is 0.482. The summed E-state index contributed by atoms with van der Waals surface area (Å²) in [5.41, 5.74) is 24.6. The second kappa shape index (κ2) is 26.6. The molecule has 0 saturated heterocycles. The van der Waals surface area contributed by atoms with Gasteiger partial charge in [0.2, 0.25) is 0 Å². The zero-order chi connectivity index (χ0) is 76.4. The summed E-state index contributed by atoms with van der Waals surface area (Å²) in [5, 5.41) is 0. The highest BCUT2D eigenvalue weighted by molar-refractivity contribution is 5.99. The molecule has 2 atom stereocenters. The molecule has 113 heavy (non-hydrogen) atoms. The maximum absolute atomic E-state index is 16.8. The Hall–Kier alpha value is -14.1. The van der Waals surface area contributed by atoms with Gasteiger partial charge in [-0.1, -0.05) is 232 Å². The highest BCUT2D eigenvalue weighted by atomic mass is 19.1. The third kappa shape index (κ3) is 10.6. The van der Waals surface area contributed by atoms with Gasteiger partial charge in [0.15, 0.2) is 0 Å². The first-order valence-electron chi connectivity index (χ1n) is 38.0. The van der Waals surface area contributed by atoms with Crippen molar-refractivity contribution in [2.45, 2.75) is 30.1 Å². The molecule has 1 spiro atoms. The first-order chi connectivity index (χ1) is 55.3. The van der Waals surface area contributed by atoms with E-state index in [-0.39, 0.29) is 23.3 Å². The lowest BCUT2D eigenvalue weighted by atomic mass is 9.67. The van der Waals surface area contributed by atoms with Crippen molar-refractivity contribution in [3.05, 3.63) is 477 Å². The zero-order valence-electron chi connectivity index (χ0n) is 61.8. The minimum atomic E-state index is -0.987. The molecule has 4 aliphatic carbocycles. The van der Waals surface area contributed by atoms with E-state index < -0.39 is 16.2 Å². The Kier molecular flexibility index (Phi) is 16.1. The first-order valence-corrected chi connectivity index (χ1v) is 38.0. The third-order valence-electron chi connectivity index (χ3n) is 23.8. The van der Waals surface area contributed by atoms with E-state index in [4.69, 9.17) is 9.47 Å². The summed E-state index contributed by atoms with van der Waals surface area (Å²) in [7, 11) is 0. The predicted octanol–water partition coefficient (Wildman–Crippen LogP) is 27.7. The number of benzene rings is 16. The van der Waals surface area contributed by atoms with Crippen LogP contribution in [0.2, 0.25) is 0 Å². The van der Waals surface area contributed by atoms with Crippen LogP contribution in [0, 0.1) is 37.1 Å². The van der Waals surface area contributed by atoms with Crippen LogP contribution in [-0.4, -0.2) is 0 Å². The molecule has 0 fully saturated rings. The number of hydrogen-bond donors (Lipinski definition) is 0. The molecular formula is C105H70F4N2O2. The van der Waals surface area contributed by atoms with E-state index in [2.05, 4.69) is 217 Å². The molecule has 0 aliphatic heterocycles. The van der Waals surface area contributed by atoms with Crippen molar-refractivity contribution in [2.24, 2.45) is 0 Å². The molecule has 16 aromatic rings. The molecule has 540 valence electrons. The lowest BCUT2D eigenvalue weighted by Gasteiger charge is -2.35. The van der Waals surface area contributed by atoms with Gasteiger partial charge in [-0.15, -0.1) is 0 Å². The highest BCUT2D eigenvalue weighted by Gasteiger charge is 2.53. The van der Waals surface area contributed by atoms with Gasteiger partial charge >= 0.3 is 0 Å². The molecule has 4 nitrogen and oxygen atoms in total. The van der Waals surface area contributed by atoms with Gasteiger partial charge in [0.1, 0.15) is 46.3 Å². The normalized spacial score (nSPS) is 16.1. The summed E-state index contributed by atoms with van der Waals surface area (Å²) in [6, 6.07) is 117. The monoisotopic (exact) mass is 1470 g/mol. The number of halogens is 4. The van der Waals surface area contributed by atoms with Crippen LogP contribution < -0.4 is 19.3 Å².